The fraction of sp³-hybridized carbons (Fsp3) is 0.562. The predicted octanol–water partition coefficient (Wildman–Crippen LogP) is 0.858. The third kappa shape index (κ3) is 7.58. The minimum absolute atomic E-state index is 0.0626. The average Bonchev–Trinajstić information content (AvgIpc) is 2.46. The Kier molecular flexibility index (Phi) is 7.67. The highest BCUT2D eigenvalue weighted by atomic mass is 32.2. The summed E-state index contributed by atoms with van der Waals surface area (Å²) in [7, 11) is 2.21. The van der Waals surface area contributed by atoms with Crippen molar-refractivity contribution in [1.82, 2.24) is 14.1 Å². The van der Waals surface area contributed by atoms with Gasteiger partial charge in [-0.2, -0.15) is 0 Å². The van der Waals surface area contributed by atoms with Gasteiger partial charge in [-0.3, -0.25) is 4.79 Å². The van der Waals surface area contributed by atoms with Crippen LogP contribution in [0.3, 0.4) is 0 Å². The molecule has 0 aromatic heterocycles. The zero-order chi connectivity index (χ0) is 17.5. The van der Waals surface area contributed by atoms with Crippen LogP contribution in [0.25, 0.3) is 0 Å². The first-order chi connectivity index (χ1) is 10.7. The molecule has 1 aromatic carbocycles. The van der Waals surface area contributed by atoms with Gasteiger partial charge in [0.15, 0.2) is 0 Å². The number of amides is 1. The van der Waals surface area contributed by atoms with E-state index in [4.69, 9.17) is 0 Å². The summed E-state index contributed by atoms with van der Waals surface area (Å²) in [5, 5.41) is 0. The van der Waals surface area contributed by atoms with Crippen molar-refractivity contribution in [3.63, 3.8) is 0 Å². The van der Waals surface area contributed by atoms with Gasteiger partial charge in [0.25, 0.3) is 0 Å². The Hall–Kier alpha value is -1.44. The Morgan fingerprint density at radius 1 is 1.00 bits per heavy atom. The summed E-state index contributed by atoms with van der Waals surface area (Å²) in [6.45, 7) is 1.75. The lowest BCUT2D eigenvalue weighted by molar-refractivity contribution is -0.130. The third-order valence-corrected chi connectivity index (χ3v) is 4.83. The fourth-order valence-electron chi connectivity index (χ4n) is 2.11. The molecular weight excluding hydrogens is 314 g/mol. The van der Waals surface area contributed by atoms with E-state index < -0.39 is 10.0 Å². The maximum atomic E-state index is 12.2. The molecule has 0 fully saturated rings. The topological polar surface area (TPSA) is 60.9 Å². The molecule has 23 heavy (non-hydrogen) atoms. The van der Waals surface area contributed by atoms with Crippen molar-refractivity contribution in [3.8, 4) is 0 Å². The van der Waals surface area contributed by atoms with Crippen LogP contribution in [-0.4, -0.2) is 75.5 Å². The van der Waals surface area contributed by atoms with Gasteiger partial charge >= 0.3 is 0 Å². The molecule has 0 atom stereocenters. The molecule has 130 valence electrons. The Balaban J connectivity index is 2.54. The van der Waals surface area contributed by atoms with Crippen LogP contribution in [0.5, 0.6) is 0 Å². The number of rotatable bonds is 9. The van der Waals surface area contributed by atoms with Crippen molar-refractivity contribution in [2.75, 3.05) is 47.0 Å². The van der Waals surface area contributed by atoms with Crippen LogP contribution in [0, 0.1) is 0 Å². The van der Waals surface area contributed by atoms with Gasteiger partial charge in [-0.25, -0.2) is 12.7 Å². The first kappa shape index (κ1) is 19.6. The first-order valence-corrected chi connectivity index (χ1v) is 9.42. The van der Waals surface area contributed by atoms with Crippen molar-refractivity contribution in [3.05, 3.63) is 35.9 Å². The summed E-state index contributed by atoms with van der Waals surface area (Å²) >= 11 is 0. The Bertz CT molecular complexity index is 588. The highest BCUT2D eigenvalue weighted by molar-refractivity contribution is 7.88. The minimum atomic E-state index is -3.30. The predicted molar refractivity (Wildman–Crippen MR) is 92.5 cm³/mol. The van der Waals surface area contributed by atoms with Gasteiger partial charge in [0.1, 0.15) is 0 Å². The second-order valence-corrected chi connectivity index (χ2v) is 7.93. The number of benzene rings is 1. The minimum Gasteiger partial charge on any atom is -0.341 e. The van der Waals surface area contributed by atoms with E-state index in [9.17, 15) is 13.2 Å². The number of likely N-dealkylation sites (N-methyl/N-ethyl adjacent to an activating group) is 1. The van der Waals surface area contributed by atoms with Crippen molar-refractivity contribution in [1.29, 1.82) is 0 Å². The number of carbonyl (C=O) groups is 1. The lowest BCUT2D eigenvalue weighted by atomic mass is 10.2. The summed E-state index contributed by atoms with van der Waals surface area (Å²) in [6.07, 6.45) is 1.37. The van der Waals surface area contributed by atoms with Crippen molar-refractivity contribution < 1.29 is 13.2 Å². The lowest BCUT2D eigenvalue weighted by Gasteiger charge is -2.23. The van der Waals surface area contributed by atoms with Gasteiger partial charge in [-0.05, 0) is 19.7 Å². The summed E-state index contributed by atoms with van der Waals surface area (Å²) in [6, 6.07) is 9.72. The van der Waals surface area contributed by atoms with Gasteiger partial charge in [0, 0.05) is 39.6 Å². The molecule has 0 unspecified atom stereocenters. The Labute approximate surface area is 139 Å². The molecule has 6 nitrogen and oxygen atoms in total. The quantitative estimate of drug-likeness (QED) is 0.668. The van der Waals surface area contributed by atoms with Gasteiger partial charge in [0.05, 0.1) is 6.26 Å². The Morgan fingerprint density at radius 3 is 2.13 bits per heavy atom. The van der Waals surface area contributed by atoms with E-state index in [1.165, 1.54) is 10.6 Å². The van der Waals surface area contributed by atoms with Crippen LogP contribution >= 0.6 is 0 Å². The van der Waals surface area contributed by atoms with E-state index in [0.29, 0.717) is 19.6 Å². The van der Waals surface area contributed by atoms with E-state index in [-0.39, 0.29) is 18.9 Å². The second kappa shape index (κ2) is 9.00. The number of sulfonamides is 1. The van der Waals surface area contributed by atoms with Gasteiger partial charge < -0.3 is 9.80 Å². The van der Waals surface area contributed by atoms with Crippen molar-refractivity contribution in [2.24, 2.45) is 0 Å². The van der Waals surface area contributed by atoms with E-state index >= 15 is 0 Å². The number of carbonyl (C=O) groups excluding carboxylic acids is 1. The molecular formula is C16H27N3O3S. The van der Waals surface area contributed by atoms with Crippen LogP contribution in [0.4, 0.5) is 0 Å². The summed E-state index contributed by atoms with van der Waals surface area (Å²) in [4.78, 5) is 15.8. The number of nitrogens with zero attached hydrogens (tertiary/aromatic N) is 3. The third-order valence-electron chi connectivity index (χ3n) is 3.53. The summed E-state index contributed by atoms with van der Waals surface area (Å²) in [5.41, 5.74) is 1.05. The van der Waals surface area contributed by atoms with E-state index in [1.54, 1.807) is 11.9 Å². The largest absolute Gasteiger partial charge is 0.341 e. The smallest absolute Gasteiger partial charge is 0.223 e. The molecule has 0 heterocycles. The molecule has 1 amide bonds. The van der Waals surface area contributed by atoms with Gasteiger partial charge in [0.2, 0.25) is 15.9 Å². The monoisotopic (exact) mass is 341 g/mol. The molecule has 1 rings (SSSR count). The molecule has 0 saturated carbocycles. The van der Waals surface area contributed by atoms with E-state index in [2.05, 4.69) is 0 Å². The van der Waals surface area contributed by atoms with Crippen molar-refractivity contribution >= 4 is 15.9 Å². The van der Waals surface area contributed by atoms with Crippen LogP contribution in [0.1, 0.15) is 12.0 Å². The van der Waals surface area contributed by atoms with Crippen molar-refractivity contribution in [2.45, 2.75) is 13.0 Å². The maximum absolute atomic E-state index is 12.2. The maximum Gasteiger partial charge on any atom is 0.223 e. The van der Waals surface area contributed by atoms with E-state index in [0.717, 1.165) is 5.56 Å². The van der Waals surface area contributed by atoms with Gasteiger partial charge in [-0.15, -0.1) is 0 Å². The Morgan fingerprint density at radius 2 is 1.61 bits per heavy atom. The van der Waals surface area contributed by atoms with E-state index in [1.807, 2.05) is 49.3 Å². The molecule has 0 N–H and O–H groups in total. The average molecular weight is 341 g/mol. The number of hydrogen-bond acceptors (Lipinski definition) is 4. The molecule has 0 aliphatic rings. The lowest BCUT2D eigenvalue weighted by Crippen LogP contribution is -2.38. The zero-order valence-corrected chi connectivity index (χ0v) is 15.2. The summed E-state index contributed by atoms with van der Waals surface area (Å²) in [5.74, 6) is -0.0626. The zero-order valence-electron chi connectivity index (χ0n) is 14.4. The molecule has 0 aliphatic carbocycles. The first-order valence-electron chi connectivity index (χ1n) is 7.58. The second-order valence-electron chi connectivity index (χ2n) is 5.95. The standard InChI is InChI=1S/C16H27N3O3S/c1-17(2)12-13-19(23(4,21)22)11-10-16(20)18(3)14-15-8-6-5-7-9-15/h5-9H,10-14H2,1-4H3. The summed E-state index contributed by atoms with van der Waals surface area (Å²) < 4.78 is 25.0. The van der Waals surface area contributed by atoms with Crippen LogP contribution in [0.2, 0.25) is 0 Å². The molecule has 7 heteroatoms. The van der Waals surface area contributed by atoms with Crippen LogP contribution in [0.15, 0.2) is 30.3 Å². The van der Waals surface area contributed by atoms with Crippen LogP contribution < -0.4 is 0 Å². The SMILES string of the molecule is CN(C)CCN(CCC(=O)N(C)Cc1ccccc1)S(C)(=O)=O. The molecule has 0 aliphatic heterocycles. The molecule has 0 saturated heterocycles. The molecule has 0 bridgehead atoms. The molecule has 0 radical (unpaired) electrons. The molecule has 1 aromatic rings. The normalized spacial score (nSPS) is 11.9. The van der Waals surface area contributed by atoms with Crippen LogP contribution in [-0.2, 0) is 21.4 Å². The molecule has 0 spiro atoms. The highest BCUT2D eigenvalue weighted by Crippen LogP contribution is 2.06. The highest BCUT2D eigenvalue weighted by Gasteiger charge is 2.19. The fourth-order valence-corrected chi connectivity index (χ4v) is 2.95. The van der Waals surface area contributed by atoms with Gasteiger partial charge in [-0.1, -0.05) is 30.3 Å². The number of hydrogen-bond donors (Lipinski definition) is 0.